The summed E-state index contributed by atoms with van der Waals surface area (Å²) in [6, 6.07) is 19.3. The summed E-state index contributed by atoms with van der Waals surface area (Å²) >= 11 is 4.81. The van der Waals surface area contributed by atoms with Crippen molar-refractivity contribution < 1.29 is 0 Å². The second-order valence-corrected chi connectivity index (χ2v) is 7.25. The van der Waals surface area contributed by atoms with Crippen molar-refractivity contribution in [3.63, 3.8) is 0 Å². The lowest BCUT2D eigenvalue weighted by atomic mass is 10.0. The van der Waals surface area contributed by atoms with Crippen LogP contribution < -0.4 is 0 Å². The molecule has 0 N–H and O–H groups in total. The van der Waals surface area contributed by atoms with Gasteiger partial charge in [0.15, 0.2) is 0 Å². The smallest absolute Gasteiger partial charge is 0.119 e. The summed E-state index contributed by atoms with van der Waals surface area (Å²) in [6.45, 7) is 0. The van der Waals surface area contributed by atoms with E-state index in [9.17, 15) is 0 Å². The first kappa shape index (κ1) is 14.1. The maximum atomic E-state index is 4.49. The number of halogens is 1. The predicted molar refractivity (Wildman–Crippen MR) is 105 cm³/mol. The highest BCUT2D eigenvalue weighted by atomic mass is 79.9. The zero-order chi connectivity index (χ0) is 16.3. The molecule has 0 aliphatic carbocycles. The molecule has 0 spiro atoms. The molecule has 0 unspecified atom stereocenters. The fraction of sp³-hybridized carbons (Fsp3) is 0.0526. The summed E-state index contributed by atoms with van der Waals surface area (Å²) in [4.78, 5) is 0. The molecule has 3 nitrogen and oxygen atoms in total. The van der Waals surface area contributed by atoms with Gasteiger partial charge in [-0.05, 0) is 39.7 Å². The summed E-state index contributed by atoms with van der Waals surface area (Å²) in [5.41, 5.74) is 6.64. The van der Waals surface area contributed by atoms with Crippen LogP contribution >= 0.6 is 27.7 Å². The molecule has 0 aliphatic rings. The van der Waals surface area contributed by atoms with Crippen molar-refractivity contribution in [3.8, 4) is 11.1 Å². The fourth-order valence-corrected chi connectivity index (χ4v) is 4.50. The second kappa shape index (κ2) is 5.13. The lowest BCUT2D eigenvalue weighted by molar-refractivity contribution is 1.01. The van der Waals surface area contributed by atoms with Gasteiger partial charge in [0.1, 0.15) is 11.0 Å². The number of fused-ring (bicyclic) bond motifs is 4. The number of benzene rings is 3. The molecule has 5 heteroatoms. The number of nitrogens with zero attached hydrogens (tertiary/aromatic N) is 3. The average Bonchev–Trinajstić information content (AvgIpc) is 3.21. The van der Waals surface area contributed by atoms with Crippen molar-refractivity contribution in [2.45, 2.75) is 0 Å². The molecule has 5 aromatic rings. The van der Waals surface area contributed by atoms with Crippen molar-refractivity contribution in [2.24, 2.45) is 7.05 Å². The quantitative estimate of drug-likeness (QED) is 0.362. The monoisotopic (exact) mass is 393 g/mol. The summed E-state index contributed by atoms with van der Waals surface area (Å²) in [7, 11) is 2.12. The van der Waals surface area contributed by atoms with Crippen LogP contribution in [-0.2, 0) is 7.05 Å². The van der Waals surface area contributed by atoms with Crippen LogP contribution in [-0.4, -0.2) is 13.3 Å². The maximum absolute atomic E-state index is 4.49. The average molecular weight is 394 g/mol. The molecule has 24 heavy (non-hydrogen) atoms. The van der Waals surface area contributed by atoms with Gasteiger partial charge in [-0.1, -0.05) is 36.4 Å². The summed E-state index contributed by atoms with van der Waals surface area (Å²) < 4.78 is 12.1. The van der Waals surface area contributed by atoms with Gasteiger partial charge < -0.3 is 4.57 Å². The molecule has 3 aromatic carbocycles. The number of hydrogen-bond acceptors (Lipinski definition) is 3. The minimum absolute atomic E-state index is 0.926. The van der Waals surface area contributed by atoms with Crippen LogP contribution in [0.2, 0.25) is 0 Å². The van der Waals surface area contributed by atoms with E-state index in [1.165, 1.54) is 39.1 Å². The molecule has 0 bridgehead atoms. The molecule has 116 valence electrons. The van der Waals surface area contributed by atoms with Crippen molar-refractivity contribution in [3.05, 3.63) is 59.1 Å². The van der Waals surface area contributed by atoms with Crippen molar-refractivity contribution in [2.75, 3.05) is 0 Å². The zero-order valence-electron chi connectivity index (χ0n) is 12.8. The van der Waals surface area contributed by atoms with Crippen LogP contribution in [0.3, 0.4) is 0 Å². The van der Waals surface area contributed by atoms with Crippen LogP contribution in [0.5, 0.6) is 0 Å². The Labute approximate surface area is 151 Å². The Morgan fingerprint density at radius 2 is 1.67 bits per heavy atom. The first-order valence-electron chi connectivity index (χ1n) is 7.62. The van der Waals surface area contributed by atoms with Crippen molar-refractivity contribution >= 4 is 60.5 Å². The van der Waals surface area contributed by atoms with E-state index in [-0.39, 0.29) is 0 Å². The van der Waals surface area contributed by atoms with Gasteiger partial charge in [0.25, 0.3) is 0 Å². The Morgan fingerprint density at radius 3 is 2.58 bits per heavy atom. The number of rotatable bonds is 1. The van der Waals surface area contributed by atoms with E-state index in [0.29, 0.717) is 0 Å². The first-order valence-corrected chi connectivity index (χ1v) is 9.15. The third-order valence-corrected chi connectivity index (χ3v) is 5.76. The lowest BCUT2D eigenvalue weighted by Crippen LogP contribution is -1.87. The van der Waals surface area contributed by atoms with E-state index in [0.717, 1.165) is 21.1 Å². The molecule has 0 fully saturated rings. The van der Waals surface area contributed by atoms with Crippen molar-refractivity contribution in [1.82, 2.24) is 13.3 Å². The van der Waals surface area contributed by atoms with E-state index < -0.39 is 0 Å². The van der Waals surface area contributed by atoms with E-state index >= 15 is 0 Å². The van der Waals surface area contributed by atoms with E-state index in [1.54, 1.807) is 0 Å². The first-order chi connectivity index (χ1) is 11.7. The van der Waals surface area contributed by atoms with Crippen LogP contribution in [0.1, 0.15) is 0 Å². The van der Waals surface area contributed by atoms with Gasteiger partial charge in [0, 0.05) is 38.9 Å². The van der Waals surface area contributed by atoms with Crippen LogP contribution in [0.25, 0.3) is 44.0 Å². The molecular weight excluding hydrogens is 382 g/mol. The van der Waals surface area contributed by atoms with Crippen LogP contribution in [0, 0.1) is 0 Å². The highest BCUT2D eigenvalue weighted by Crippen LogP contribution is 2.35. The third kappa shape index (κ3) is 1.88. The van der Waals surface area contributed by atoms with Crippen LogP contribution in [0.4, 0.5) is 0 Å². The molecular formula is C19H12BrN3S. The Balaban J connectivity index is 1.84. The minimum Gasteiger partial charge on any atom is -0.344 e. The van der Waals surface area contributed by atoms with Gasteiger partial charge in [0.2, 0.25) is 0 Å². The van der Waals surface area contributed by atoms with Crippen molar-refractivity contribution in [1.29, 1.82) is 0 Å². The number of hydrogen-bond donors (Lipinski definition) is 0. The Bertz CT molecular complexity index is 1240. The summed E-state index contributed by atoms with van der Waals surface area (Å²) in [6.07, 6.45) is 0. The fourth-order valence-electron chi connectivity index (χ4n) is 3.40. The van der Waals surface area contributed by atoms with Gasteiger partial charge in [-0.3, -0.25) is 0 Å². The highest BCUT2D eigenvalue weighted by Gasteiger charge is 2.13. The van der Waals surface area contributed by atoms with Gasteiger partial charge in [-0.15, -0.1) is 0 Å². The highest BCUT2D eigenvalue weighted by molar-refractivity contribution is 9.10. The summed E-state index contributed by atoms with van der Waals surface area (Å²) in [5.74, 6) is 0. The second-order valence-electron chi connectivity index (χ2n) is 5.86. The lowest BCUT2D eigenvalue weighted by Gasteiger charge is -2.05. The maximum Gasteiger partial charge on any atom is 0.119 e. The molecule has 0 saturated carbocycles. The molecule has 2 heterocycles. The van der Waals surface area contributed by atoms with Gasteiger partial charge >= 0.3 is 0 Å². The topological polar surface area (TPSA) is 30.7 Å². The number of para-hydroxylation sites is 1. The molecule has 0 radical (unpaired) electrons. The predicted octanol–water partition coefficient (Wildman–Crippen LogP) is 5.77. The summed E-state index contributed by atoms with van der Waals surface area (Å²) in [5, 5.41) is 2.57. The zero-order valence-corrected chi connectivity index (χ0v) is 15.2. The molecule has 0 amide bonds. The SMILES string of the molecule is Cn1c2ccccc2c2ccc(-c3ccc(Br)c4nsnc34)cc21. The standard InChI is InChI=1S/C19H12BrN3S/c1-23-16-5-3-2-4-13(16)14-7-6-11(10-17(14)23)12-8-9-15(20)19-18(12)21-24-22-19/h2-10H,1H3. The van der Waals surface area contributed by atoms with Gasteiger partial charge in [-0.25, -0.2) is 0 Å². The van der Waals surface area contributed by atoms with E-state index in [1.807, 2.05) is 6.07 Å². The largest absolute Gasteiger partial charge is 0.344 e. The molecule has 5 rings (SSSR count). The Hall–Kier alpha value is -2.24. The molecule has 0 aliphatic heterocycles. The van der Waals surface area contributed by atoms with Gasteiger partial charge in [0.05, 0.1) is 11.7 Å². The van der Waals surface area contributed by atoms with E-state index in [2.05, 4.69) is 84.8 Å². The molecule has 0 atom stereocenters. The normalized spacial score (nSPS) is 11.8. The number of aryl methyl sites for hydroxylation is 1. The number of aromatic nitrogens is 3. The third-order valence-electron chi connectivity index (χ3n) is 4.59. The molecule has 2 aromatic heterocycles. The van der Waals surface area contributed by atoms with Crippen LogP contribution in [0.15, 0.2) is 59.1 Å². The van der Waals surface area contributed by atoms with Gasteiger partial charge in [-0.2, -0.15) is 8.75 Å². The molecule has 0 saturated heterocycles. The minimum atomic E-state index is 0.926. The van der Waals surface area contributed by atoms with E-state index in [4.69, 9.17) is 0 Å². The Kier molecular flexibility index (Phi) is 3.02. The Morgan fingerprint density at radius 1 is 0.875 bits per heavy atom.